The van der Waals surface area contributed by atoms with Gasteiger partial charge >= 0.3 is 0 Å². The Hall–Kier alpha value is -3.07. The molecule has 144 valence electrons. The standard InChI is InChI=1S/C20H19N3O4S/c1-2-25-7-3-6-23-19(24)18(28-20(23)15(12-21)13-22)11-14-4-5-16-17(10-14)27-9-8-26-16/h4-5,10-11H,2-3,6-9H2,1H3/b18-11+. The normalized spacial score (nSPS) is 13.0. The number of nitriles is 2. The Balaban J connectivity index is 2.06. The summed E-state index contributed by atoms with van der Waals surface area (Å²) in [4.78, 5) is 12.9. The van der Waals surface area contributed by atoms with Gasteiger partial charge in [-0.15, -0.1) is 11.3 Å². The van der Waals surface area contributed by atoms with Gasteiger partial charge in [-0.25, -0.2) is 0 Å². The molecule has 0 bridgehead atoms. The summed E-state index contributed by atoms with van der Waals surface area (Å²) in [7, 11) is 0. The third kappa shape index (κ3) is 4.25. The van der Waals surface area contributed by atoms with Gasteiger partial charge in [0.2, 0.25) is 0 Å². The zero-order valence-electron chi connectivity index (χ0n) is 15.4. The van der Waals surface area contributed by atoms with Gasteiger partial charge in [-0.1, -0.05) is 6.07 Å². The van der Waals surface area contributed by atoms with Crippen LogP contribution in [0.4, 0.5) is 0 Å². The third-order valence-corrected chi connectivity index (χ3v) is 5.21. The highest BCUT2D eigenvalue weighted by Gasteiger charge is 2.12. The molecule has 0 radical (unpaired) electrons. The Morgan fingerprint density at radius 1 is 1.29 bits per heavy atom. The highest BCUT2D eigenvalue weighted by atomic mass is 32.1. The number of fused-ring (bicyclic) bond motifs is 1. The molecule has 7 nitrogen and oxygen atoms in total. The van der Waals surface area contributed by atoms with Crippen molar-refractivity contribution in [1.29, 1.82) is 10.5 Å². The second-order valence-corrected chi connectivity index (χ2v) is 6.96. The van der Waals surface area contributed by atoms with E-state index in [0.717, 1.165) is 16.9 Å². The minimum atomic E-state index is -0.227. The fourth-order valence-electron chi connectivity index (χ4n) is 2.80. The number of aromatic nitrogens is 1. The summed E-state index contributed by atoms with van der Waals surface area (Å²) in [6, 6.07) is 9.21. The van der Waals surface area contributed by atoms with Crippen molar-refractivity contribution in [1.82, 2.24) is 4.57 Å². The second kappa shape index (κ2) is 9.23. The van der Waals surface area contributed by atoms with Crippen molar-refractivity contribution in [3.05, 3.63) is 43.3 Å². The van der Waals surface area contributed by atoms with Crippen LogP contribution in [0.1, 0.15) is 18.9 Å². The van der Waals surface area contributed by atoms with Gasteiger partial charge in [-0.05, 0) is 37.1 Å². The molecular weight excluding hydrogens is 378 g/mol. The number of thiazole rings is 1. The molecule has 0 unspecified atom stereocenters. The molecular formula is C20H19N3O4S. The lowest BCUT2D eigenvalue weighted by Gasteiger charge is -2.18. The van der Waals surface area contributed by atoms with Crippen LogP contribution in [0.2, 0.25) is 0 Å². The predicted octanol–water partition coefficient (Wildman–Crippen LogP) is 1.13. The summed E-state index contributed by atoms with van der Waals surface area (Å²) in [5.41, 5.74) is 0.487. The molecule has 0 amide bonds. The lowest BCUT2D eigenvalue weighted by Crippen LogP contribution is -2.32. The van der Waals surface area contributed by atoms with E-state index in [-0.39, 0.29) is 11.1 Å². The molecule has 1 aliphatic rings. The van der Waals surface area contributed by atoms with Crippen LogP contribution >= 0.6 is 11.3 Å². The molecule has 0 saturated heterocycles. The van der Waals surface area contributed by atoms with Gasteiger partial charge in [-0.3, -0.25) is 9.36 Å². The zero-order chi connectivity index (χ0) is 19.9. The molecule has 0 fully saturated rings. The second-order valence-electron chi connectivity index (χ2n) is 5.92. The summed E-state index contributed by atoms with van der Waals surface area (Å²) in [6.07, 6.45) is 2.35. The van der Waals surface area contributed by atoms with Crippen molar-refractivity contribution in [3.8, 4) is 23.6 Å². The Bertz CT molecular complexity index is 1100. The van der Waals surface area contributed by atoms with E-state index in [9.17, 15) is 15.3 Å². The largest absolute Gasteiger partial charge is 0.486 e. The molecule has 1 aromatic carbocycles. The molecule has 3 rings (SSSR count). The molecule has 1 aromatic heterocycles. The Morgan fingerprint density at radius 2 is 2.04 bits per heavy atom. The van der Waals surface area contributed by atoms with Gasteiger partial charge < -0.3 is 14.2 Å². The van der Waals surface area contributed by atoms with Gasteiger partial charge in [-0.2, -0.15) is 10.5 Å². The summed E-state index contributed by atoms with van der Waals surface area (Å²) < 4.78 is 18.7. The van der Waals surface area contributed by atoms with E-state index in [0.29, 0.717) is 60.1 Å². The average molecular weight is 397 g/mol. The lowest BCUT2D eigenvalue weighted by atomic mass is 10.2. The van der Waals surface area contributed by atoms with Gasteiger partial charge in [0.1, 0.15) is 30.0 Å². The van der Waals surface area contributed by atoms with E-state index in [4.69, 9.17) is 14.2 Å². The van der Waals surface area contributed by atoms with Crippen LogP contribution < -0.4 is 24.2 Å². The number of ether oxygens (including phenoxy) is 3. The minimum Gasteiger partial charge on any atom is -0.486 e. The number of benzene rings is 1. The molecule has 0 N–H and O–H groups in total. The molecule has 0 aliphatic carbocycles. The van der Waals surface area contributed by atoms with Gasteiger partial charge in [0, 0.05) is 19.8 Å². The summed E-state index contributed by atoms with van der Waals surface area (Å²) >= 11 is 1.14. The molecule has 2 heterocycles. The molecule has 28 heavy (non-hydrogen) atoms. The van der Waals surface area contributed by atoms with E-state index < -0.39 is 0 Å². The first kappa shape index (κ1) is 19.7. The maximum Gasteiger partial charge on any atom is 0.269 e. The molecule has 1 aliphatic heterocycles. The third-order valence-electron chi connectivity index (χ3n) is 4.08. The Kier molecular flexibility index (Phi) is 6.49. The molecule has 0 saturated carbocycles. The molecule has 2 aromatic rings. The van der Waals surface area contributed by atoms with Crippen molar-refractivity contribution >= 4 is 23.0 Å². The quantitative estimate of drug-likeness (QED) is 0.678. The Labute approximate surface area is 165 Å². The van der Waals surface area contributed by atoms with Crippen molar-refractivity contribution in [2.75, 3.05) is 26.4 Å². The molecule has 0 atom stereocenters. The first-order chi connectivity index (χ1) is 13.7. The molecule has 0 spiro atoms. The van der Waals surface area contributed by atoms with Crippen LogP contribution in [-0.2, 0) is 11.3 Å². The van der Waals surface area contributed by atoms with Crippen molar-refractivity contribution < 1.29 is 14.2 Å². The van der Waals surface area contributed by atoms with E-state index in [1.807, 2.05) is 31.2 Å². The maximum atomic E-state index is 12.9. The van der Waals surface area contributed by atoms with Crippen molar-refractivity contribution in [2.45, 2.75) is 19.9 Å². The van der Waals surface area contributed by atoms with Crippen LogP contribution in [0.25, 0.3) is 11.6 Å². The maximum absolute atomic E-state index is 12.9. The summed E-state index contributed by atoms with van der Waals surface area (Å²) in [5, 5.41) is 18.5. The topological polar surface area (TPSA) is 97.3 Å². The van der Waals surface area contributed by atoms with E-state index in [1.54, 1.807) is 12.1 Å². The number of hydrogen-bond donors (Lipinski definition) is 0. The van der Waals surface area contributed by atoms with E-state index >= 15 is 0 Å². The van der Waals surface area contributed by atoms with Crippen LogP contribution in [0, 0.1) is 22.7 Å². The van der Waals surface area contributed by atoms with Gasteiger partial charge in [0.15, 0.2) is 17.1 Å². The van der Waals surface area contributed by atoms with Crippen LogP contribution in [0.3, 0.4) is 0 Å². The fraction of sp³-hybridized carbons (Fsp3) is 0.350. The first-order valence-electron chi connectivity index (χ1n) is 8.91. The van der Waals surface area contributed by atoms with Gasteiger partial charge in [0.05, 0.1) is 4.53 Å². The first-order valence-corrected chi connectivity index (χ1v) is 9.72. The van der Waals surface area contributed by atoms with E-state index in [2.05, 4.69) is 0 Å². The number of hydrogen-bond acceptors (Lipinski definition) is 7. The van der Waals surface area contributed by atoms with Crippen molar-refractivity contribution in [3.63, 3.8) is 0 Å². The fourth-order valence-corrected chi connectivity index (χ4v) is 3.88. The number of nitrogens with zero attached hydrogens (tertiary/aromatic N) is 3. The predicted molar refractivity (Wildman–Crippen MR) is 105 cm³/mol. The average Bonchev–Trinajstić information content (AvgIpc) is 3.02. The smallest absolute Gasteiger partial charge is 0.269 e. The Morgan fingerprint density at radius 3 is 2.75 bits per heavy atom. The lowest BCUT2D eigenvalue weighted by molar-refractivity contribution is 0.141. The SMILES string of the molecule is CCOCCCn1c(=C(C#N)C#N)s/c(=C/c2ccc3c(c2)OCCO3)c1=O. The van der Waals surface area contributed by atoms with Crippen LogP contribution in [0.5, 0.6) is 11.5 Å². The highest BCUT2D eigenvalue weighted by molar-refractivity contribution is 7.07. The van der Waals surface area contributed by atoms with Crippen molar-refractivity contribution in [2.24, 2.45) is 0 Å². The molecule has 8 heteroatoms. The van der Waals surface area contributed by atoms with Crippen LogP contribution in [-0.4, -0.2) is 31.0 Å². The minimum absolute atomic E-state index is 0.0691. The van der Waals surface area contributed by atoms with E-state index in [1.165, 1.54) is 4.57 Å². The monoisotopic (exact) mass is 397 g/mol. The number of rotatable bonds is 6. The van der Waals surface area contributed by atoms with Gasteiger partial charge in [0.25, 0.3) is 5.56 Å². The summed E-state index contributed by atoms with van der Waals surface area (Å²) in [6.45, 7) is 4.38. The zero-order valence-corrected chi connectivity index (χ0v) is 16.3. The highest BCUT2D eigenvalue weighted by Crippen LogP contribution is 2.30. The van der Waals surface area contributed by atoms with Crippen LogP contribution in [0.15, 0.2) is 23.0 Å². The summed E-state index contributed by atoms with van der Waals surface area (Å²) in [5.74, 6) is 1.31.